The molecule has 0 atom stereocenters. The van der Waals surface area contributed by atoms with Crippen LogP contribution in [0.25, 0.3) is 11.5 Å². The lowest BCUT2D eigenvalue weighted by molar-refractivity contribution is -0.132. The number of aromatic nitrogens is 5. The van der Waals surface area contributed by atoms with Crippen molar-refractivity contribution in [2.75, 3.05) is 20.2 Å². The van der Waals surface area contributed by atoms with Crippen LogP contribution in [0.4, 0.5) is 0 Å². The first-order chi connectivity index (χ1) is 14.2. The average molecular weight is 392 g/mol. The van der Waals surface area contributed by atoms with Crippen molar-refractivity contribution in [3.05, 3.63) is 54.2 Å². The molecule has 0 saturated carbocycles. The summed E-state index contributed by atoms with van der Waals surface area (Å²) < 4.78 is 5.25. The van der Waals surface area contributed by atoms with Crippen molar-refractivity contribution in [3.63, 3.8) is 0 Å². The van der Waals surface area contributed by atoms with E-state index >= 15 is 0 Å². The number of rotatable bonds is 6. The van der Waals surface area contributed by atoms with Crippen molar-refractivity contribution < 1.29 is 9.53 Å². The Bertz CT molecular complexity index is 951. The number of aryl methyl sites for hydroxylation is 1. The lowest BCUT2D eigenvalue weighted by Crippen LogP contribution is -2.38. The Morgan fingerprint density at radius 3 is 2.90 bits per heavy atom. The predicted octanol–water partition coefficient (Wildman–Crippen LogP) is 2.61. The molecule has 0 bridgehead atoms. The summed E-state index contributed by atoms with van der Waals surface area (Å²) in [6.07, 6.45) is 7.88. The van der Waals surface area contributed by atoms with Gasteiger partial charge in [-0.15, -0.1) is 0 Å². The van der Waals surface area contributed by atoms with E-state index in [1.807, 2.05) is 29.2 Å². The molecular weight excluding hydrogens is 368 g/mol. The van der Waals surface area contributed by atoms with Crippen LogP contribution in [0.2, 0.25) is 0 Å². The number of piperidine rings is 1. The number of H-pyrrole nitrogens is 1. The zero-order valence-electron chi connectivity index (χ0n) is 16.4. The van der Waals surface area contributed by atoms with Gasteiger partial charge in [0.25, 0.3) is 0 Å². The third-order valence-corrected chi connectivity index (χ3v) is 5.29. The predicted molar refractivity (Wildman–Crippen MR) is 107 cm³/mol. The smallest absolute Gasteiger partial charge is 0.222 e. The van der Waals surface area contributed by atoms with Gasteiger partial charge in [0.15, 0.2) is 0 Å². The molecule has 1 aliphatic rings. The summed E-state index contributed by atoms with van der Waals surface area (Å²) in [6, 6.07) is 7.88. The van der Waals surface area contributed by atoms with Crippen LogP contribution in [0.1, 0.15) is 36.6 Å². The van der Waals surface area contributed by atoms with Crippen LogP contribution in [-0.2, 0) is 11.2 Å². The number of carbonyl (C=O) groups excluding carboxylic acids is 1. The van der Waals surface area contributed by atoms with Crippen LogP contribution in [0.15, 0.2) is 42.9 Å². The lowest BCUT2D eigenvalue weighted by Gasteiger charge is -2.31. The van der Waals surface area contributed by atoms with E-state index in [9.17, 15) is 4.79 Å². The first-order valence-corrected chi connectivity index (χ1v) is 9.82. The molecule has 4 rings (SSSR count). The molecule has 0 spiro atoms. The Morgan fingerprint density at radius 2 is 2.14 bits per heavy atom. The van der Waals surface area contributed by atoms with Crippen molar-refractivity contribution >= 4 is 5.91 Å². The Hall–Kier alpha value is -3.29. The topological polar surface area (TPSA) is 96.9 Å². The van der Waals surface area contributed by atoms with Gasteiger partial charge in [-0.1, -0.05) is 12.1 Å². The van der Waals surface area contributed by atoms with Crippen LogP contribution in [-0.4, -0.2) is 56.2 Å². The summed E-state index contributed by atoms with van der Waals surface area (Å²) in [5.74, 6) is 2.71. The summed E-state index contributed by atoms with van der Waals surface area (Å²) in [4.78, 5) is 27.4. The lowest BCUT2D eigenvalue weighted by atomic mass is 9.95. The summed E-state index contributed by atoms with van der Waals surface area (Å²) in [6.45, 7) is 1.48. The van der Waals surface area contributed by atoms with E-state index in [0.29, 0.717) is 17.9 Å². The van der Waals surface area contributed by atoms with Gasteiger partial charge in [0.1, 0.15) is 17.3 Å². The Kier molecular flexibility index (Phi) is 5.79. The van der Waals surface area contributed by atoms with Crippen LogP contribution in [0.3, 0.4) is 0 Å². The number of hydrogen-bond donors (Lipinski definition) is 1. The Labute approximate surface area is 169 Å². The normalized spacial score (nSPS) is 14.7. The maximum atomic E-state index is 12.6. The minimum atomic E-state index is 0.198. The van der Waals surface area contributed by atoms with Gasteiger partial charge >= 0.3 is 0 Å². The molecule has 2 aromatic heterocycles. The molecule has 150 valence electrons. The number of amides is 1. The second-order valence-electron chi connectivity index (χ2n) is 7.14. The summed E-state index contributed by atoms with van der Waals surface area (Å²) in [5, 5.41) is 7.29. The van der Waals surface area contributed by atoms with Crippen LogP contribution in [0, 0.1) is 0 Å². The van der Waals surface area contributed by atoms with E-state index in [0.717, 1.165) is 49.5 Å². The number of benzene rings is 1. The van der Waals surface area contributed by atoms with Crippen molar-refractivity contribution in [2.45, 2.75) is 31.6 Å². The SMILES string of the molecule is COc1cccc(CCC(=O)N2CCC(c3nc(-c4cnccn4)n[nH]3)CC2)c1. The van der Waals surface area contributed by atoms with Crippen molar-refractivity contribution in [1.29, 1.82) is 0 Å². The Balaban J connectivity index is 1.29. The van der Waals surface area contributed by atoms with Gasteiger partial charge in [0, 0.05) is 37.8 Å². The number of aromatic amines is 1. The zero-order valence-corrected chi connectivity index (χ0v) is 16.4. The van der Waals surface area contributed by atoms with Crippen LogP contribution < -0.4 is 4.74 Å². The van der Waals surface area contributed by atoms with Gasteiger partial charge in [-0.25, -0.2) is 9.97 Å². The van der Waals surface area contributed by atoms with Gasteiger partial charge < -0.3 is 9.64 Å². The van der Waals surface area contributed by atoms with Crippen LogP contribution in [0.5, 0.6) is 5.75 Å². The molecule has 0 unspecified atom stereocenters. The number of carbonyl (C=O) groups is 1. The van der Waals surface area contributed by atoms with E-state index in [1.165, 1.54) is 0 Å². The molecule has 1 aromatic carbocycles. The van der Waals surface area contributed by atoms with E-state index in [1.54, 1.807) is 25.7 Å². The summed E-state index contributed by atoms with van der Waals surface area (Å²) in [5.41, 5.74) is 1.77. The monoisotopic (exact) mass is 392 g/mol. The zero-order chi connectivity index (χ0) is 20.1. The fraction of sp³-hybridized carbons (Fsp3) is 0.381. The van der Waals surface area contributed by atoms with E-state index in [4.69, 9.17) is 4.74 Å². The quantitative estimate of drug-likeness (QED) is 0.693. The number of nitrogens with one attached hydrogen (secondary N) is 1. The first kappa shape index (κ1) is 19.0. The highest BCUT2D eigenvalue weighted by Gasteiger charge is 2.26. The van der Waals surface area contributed by atoms with Crippen molar-refractivity contribution in [1.82, 2.24) is 30.0 Å². The highest BCUT2D eigenvalue weighted by atomic mass is 16.5. The maximum absolute atomic E-state index is 12.6. The van der Waals surface area contributed by atoms with Gasteiger partial charge in [0.2, 0.25) is 11.7 Å². The number of nitrogens with zero attached hydrogens (tertiary/aromatic N) is 5. The second kappa shape index (κ2) is 8.81. The molecule has 29 heavy (non-hydrogen) atoms. The Morgan fingerprint density at radius 1 is 1.28 bits per heavy atom. The molecule has 8 nitrogen and oxygen atoms in total. The first-order valence-electron chi connectivity index (χ1n) is 9.82. The summed E-state index contributed by atoms with van der Waals surface area (Å²) >= 11 is 0. The summed E-state index contributed by atoms with van der Waals surface area (Å²) in [7, 11) is 1.65. The fourth-order valence-electron chi connectivity index (χ4n) is 3.63. The second-order valence-corrected chi connectivity index (χ2v) is 7.14. The molecule has 1 N–H and O–H groups in total. The highest BCUT2D eigenvalue weighted by Crippen LogP contribution is 2.27. The third-order valence-electron chi connectivity index (χ3n) is 5.29. The van der Waals surface area contributed by atoms with Gasteiger partial charge in [0.05, 0.1) is 13.3 Å². The molecule has 0 radical (unpaired) electrons. The molecule has 0 aliphatic carbocycles. The number of methoxy groups -OCH3 is 1. The molecule has 8 heteroatoms. The van der Waals surface area contributed by atoms with Gasteiger partial charge in [-0.3, -0.25) is 14.9 Å². The largest absolute Gasteiger partial charge is 0.497 e. The standard InChI is InChI=1S/C21H24N6O2/c1-29-17-4-2-3-15(13-17)5-6-19(28)27-11-7-16(8-12-27)20-24-21(26-25-20)18-14-22-9-10-23-18/h2-4,9-10,13-14,16H,5-8,11-12H2,1H3,(H,24,25,26). The van der Waals surface area contributed by atoms with E-state index < -0.39 is 0 Å². The van der Waals surface area contributed by atoms with Crippen molar-refractivity contribution in [3.8, 4) is 17.3 Å². The molecule has 3 aromatic rings. The van der Waals surface area contributed by atoms with Crippen molar-refractivity contribution in [2.24, 2.45) is 0 Å². The van der Waals surface area contributed by atoms with Crippen LogP contribution >= 0.6 is 0 Å². The third kappa shape index (κ3) is 4.59. The van der Waals surface area contributed by atoms with E-state index in [2.05, 4.69) is 25.1 Å². The van der Waals surface area contributed by atoms with E-state index in [-0.39, 0.29) is 11.8 Å². The van der Waals surface area contributed by atoms with Gasteiger partial charge in [-0.05, 0) is 37.0 Å². The molecule has 1 fully saturated rings. The number of likely N-dealkylation sites (tertiary alicyclic amines) is 1. The van der Waals surface area contributed by atoms with Gasteiger partial charge in [-0.2, -0.15) is 5.10 Å². The minimum Gasteiger partial charge on any atom is -0.497 e. The molecular formula is C21H24N6O2. The molecule has 1 saturated heterocycles. The molecule has 3 heterocycles. The average Bonchev–Trinajstić information content (AvgIpc) is 3.29. The minimum absolute atomic E-state index is 0.198. The molecule has 1 aliphatic heterocycles. The number of ether oxygens (including phenoxy) is 1. The fourth-order valence-corrected chi connectivity index (χ4v) is 3.63. The maximum Gasteiger partial charge on any atom is 0.222 e. The highest BCUT2D eigenvalue weighted by molar-refractivity contribution is 5.76. The number of hydrogen-bond acceptors (Lipinski definition) is 6. The molecule has 1 amide bonds.